The molecule has 2 aromatic rings. The van der Waals surface area contributed by atoms with Gasteiger partial charge in [-0.25, -0.2) is 4.68 Å². The summed E-state index contributed by atoms with van der Waals surface area (Å²) in [5.74, 6) is 0.284. The van der Waals surface area contributed by atoms with Crippen LogP contribution in [0.25, 0.3) is 5.69 Å². The molecule has 2 atom stereocenters. The number of aliphatic hydroxyl groups is 1. The molecular formula is C17H25N3O. The molecule has 1 aromatic carbocycles. The number of benzene rings is 1. The van der Waals surface area contributed by atoms with E-state index in [4.69, 9.17) is 0 Å². The summed E-state index contributed by atoms with van der Waals surface area (Å²) in [6.07, 6.45) is 4.68. The molecule has 21 heavy (non-hydrogen) atoms. The standard InChI is InChI=1S/C17H25N3O/c1-4-14(2)17(3,21)13-18-12-15-6-8-16(9-7-15)20-11-5-10-19-20/h5-11,14,18,21H,4,12-13H2,1-3H3. The van der Waals surface area contributed by atoms with Crippen molar-refractivity contribution in [1.82, 2.24) is 15.1 Å². The number of nitrogens with one attached hydrogen (secondary N) is 1. The normalized spacial score (nSPS) is 15.6. The maximum atomic E-state index is 10.4. The zero-order valence-corrected chi connectivity index (χ0v) is 13.1. The van der Waals surface area contributed by atoms with Gasteiger partial charge in [0.25, 0.3) is 0 Å². The molecule has 0 aliphatic carbocycles. The van der Waals surface area contributed by atoms with Crippen molar-refractivity contribution in [1.29, 1.82) is 0 Å². The summed E-state index contributed by atoms with van der Waals surface area (Å²) < 4.78 is 1.84. The van der Waals surface area contributed by atoms with Crippen LogP contribution in [-0.4, -0.2) is 27.0 Å². The van der Waals surface area contributed by atoms with Gasteiger partial charge in [0.1, 0.15) is 0 Å². The topological polar surface area (TPSA) is 50.1 Å². The van der Waals surface area contributed by atoms with Gasteiger partial charge < -0.3 is 10.4 Å². The van der Waals surface area contributed by atoms with Crippen LogP contribution in [0.2, 0.25) is 0 Å². The van der Waals surface area contributed by atoms with Crippen LogP contribution in [0.4, 0.5) is 0 Å². The minimum absolute atomic E-state index is 0.284. The molecule has 0 spiro atoms. The van der Waals surface area contributed by atoms with Crippen molar-refractivity contribution in [3.05, 3.63) is 48.3 Å². The Kier molecular flexibility index (Phi) is 5.15. The Hall–Kier alpha value is -1.65. The van der Waals surface area contributed by atoms with Crippen LogP contribution < -0.4 is 5.32 Å². The number of hydrogen-bond donors (Lipinski definition) is 2. The fourth-order valence-corrected chi connectivity index (χ4v) is 2.26. The molecule has 0 aliphatic rings. The molecule has 0 saturated carbocycles. The number of aromatic nitrogens is 2. The average molecular weight is 287 g/mol. The Morgan fingerprint density at radius 3 is 2.62 bits per heavy atom. The zero-order chi connectivity index (χ0) is 15.3. The molecule has 0 saturated heterocycles. The van der Waals surface area contributed by atoms with Crippen LogP contribution in [0.15, 0.2) is 42.7 Å². The van der Waals surface area contributed by atoms with E-state index in [1.165, 1.54) is 5.56 Å². The molecule has 2 unspecified atom stereocenters. The van der Waals surface area contributed by atoms with Gasteiger partial charge >= 0.3 is 0 Å². The second kappa shape index (κ2) is 6.87. The molecule has 0 amide bonds. The summed E-state index contributed by atoms with van der Waals surface area (Å²) in [5.41, 5.74) is 1.59. The fraction of sp³-hybridized carbons (Fsp3) is 0.471. The summed E-state index contributed by atoms with van der Waals surface area (Å²) in [5, 5.41) is 17.9. The molecule has 4 heteroatoms. The fourth-order valence-electron chi connectivity index (χ4n) is 2.26. The number of rotatable bonds is 7. The maximum absolute atomic E-state index is 10.4. The third-order valence-corrected chi connectivity index (χ3v) is 4.19. The summed E-state index contributed by atoms with van der Waals surface area (Å²) >= 11 is 0. The van der Waals surface area contributed by atoms with Gasteiger partial charge in [0, 0.05) is 25.5 Å². The van der Waals surface area contributed by atoms with Gasteiger partial charge in [-0.05, 0) is 36.6 Å². The molecule has 2 rings (SSSR count). The lowest BCUT2D eigenvalue weighted by Crippen LogP contribution is -2.42. The molecule has 1 heterocycles. The SMILES string of the molecule is CCC(C)C(C)(O)CNCc1ccc(-n2cccn2)cc1. The van der Waals surface area contributed by atoms with E-state index in [1.54, 1.807) is 6.20 Å². The van der Waals surface area contributed by atoms with Crippen molar-refractivity contribution >= 4 is 0 Å². The Morgan fingerprint density at radius 1 is 1.33 bits per heavy atom. The predicted octanol–water partition coefficient (Wildman–Crippen LogP) is 2.76. The lowest BCUT2D eigenvalue weighted by Gasteiger charge is -2.30. The number of hydrogen-bond acceptors (Lipinski definition) is 3. The average Bonchev–Trinajstić information content (AvgIpc) is 3.01. The van der Waals surface area contributed by atoms with E-state index >= 15 is 0 Å². The van der Waals surface area contributed by atoms with Crippen LogP contribution in [0, 0.1) is 5.92 Å². The summed E-state index contributed by atoms with van der Waals surface area (Å²) in [6.45, 7) is 7.44. The van der Waals surface area contributed by atoms with Gasteiger partial charge in [0.15, 0.2) is 0 Å². The van der Waals surface area contributed by atoms with Gasteiger partial charge in [0.05, 0.1) is 11.3 Å². The first-order valence-electron chi connectivity index (χ1n) is 7.55. The van der Waals surface area contributed by atoms with Crippen LogP contribution in [0.3, 0.4) is 0 Å². The Balaban J connectivity index is 1.87. The molecule has 2 N–H and O–H groups in total. The van der Waals surface area contributed by atoms with E-state index in [2.05, 4.69) is 48.5 Å². The molecule has 0 aliphatic heterocycles. The number of nitrogens with zero attached hydrogens (tertiary/aromatic N) is 2. The van der Waals surface area contributed by atoms with E-state index in [0.29, 0.717) is 6.54 Å². The van der Waals surface area contributed by atoms with Gasteiger partial charge in [-0.1, -0.05) is 32.4 Å². The Labute approximate surface area is 126 Å². The van der Waals surface area contributed by atoms with E-state index in [0.717, 1.165) is 18.7 Å². The van der Waals surface area contributed by atoms with E-state index in [9.17, 15) is 5.11 Å². The first kappa shape index (κ1) is 15.7. The summed E-state index contributed by atoms with van der Waals surface area (Å²) in [6, 6.07) is 10.2. The molecule has 0 fully saturated rings. The van der Waals surface area contributed by atoms with Crippen LogP contribution in [0.5, 0.6) is 0 Å². The van der Waals surface area contributed by atoms with Crippen molar-refractivity contribution in [3.63, 3.8) is 0 Å². The quantitative estimate of drug-likeness (QED) is 0.823. The third-order valence-electron chi connectivity index (χ3n) is 4.19. The highest BCUT2D eigenvalue weighted by Crippen LogP contribution is 2.19. The Morgan fingerprint density at radius 2 is 2.05 bits per heavy atom. The molecule has 114 valence electrons. The highest BCUT2D eigenvalue weighted by Gasteiger charge is 2.26. The second-order valence-electron chi connectivity index (χ2n) is 5.89. The zero-order valence-electron chi connectivity index (χ0n) is 13.1. The first-order chi connectivity index (χ1) is 10.0. The maximum Gasteiger partial charge on any atom is 0.0768 e. The van der Waals surface area contributed by atoms with E-state index in [-0.39, 0.29) is 5.92 Å². The molecule has 0 radical (unpaired) electrons. The van der Waals surface area contributed by atoms with Gasteiger partial charge in [-0.3, -0.25) is 0 Å². The van der Waals surface area contributed by atoms with Crippen molar-refractivity contribution in [3.8, 4) is 5.69 Å². The summed E-state index contributed by atoms with van der Waals surface area (Å²) in [4.78, 5) is 0. The highest BCUT2D eigenvalue weighted by molar-refractivity contribution is 5.33. The largest absolute Gasteiger partial charge is 0.389 e. The summed E-state index contributed by atoms with van der Waals surface area (Å²) in [7, 11) is 0. The molecule has 4 nitrogen and oxygen atoms in total. The highest BCUT2D eigenvalue weighted by atomic mass is 16.3. The van der Waals surface area contributed by atoms with Crippen LogP contribution in [-0.2, 0) is 6.54 Å². The van der Waals surface area contributed by atoms with E-state index < -0.39 is 5.60 Å². The van der Waals surface area contributed by atoms with Crippen molar-refractivity contribution in [2.75, 3.05) is 6.54 Å². The molecular weight excluding hydrogens is 262 g/mol. The predicted molar refractivity (Wildman–Crippen MR) is 85.3 cm³/mol. The van der Waals surface area contributed by atoms with Gasteiger partial charge in [-0.15, -0.1) is 0 Å². The first-order valence-corrected chi connectivity index (χ1v) is 7.55. The lowest BCUT2D eigenvalue weighted by molar-refractivity contribution is 0.00535. The minimum Gasteiger partial charge on any atom is -0.389 e. The van der Waals surface area contributed by atoms with Crippen LogP contribution in [0.1, 0.15) is 32.8 Å². The lowest BCUT2D eigenvalue weighted by atomic mass is 9.88. The molecule has 1 aromatic heterocycles. The van der Waals surface area contributed by atoms with Gasteiger partial charge in [-0.2, -0.15) is 5.10 Å². The third kappa shape index (κ3) is 4.16. The second-order valence-corrected chi connectivity index (χ2v) is 5.89. The van der Waals surface area contributed by atoms with Crippen molar-refractivity contribution in [2.24, 2.45) is 5.92 Å². The van der Waals surface area contributed by atoms with Crippen LogP contribution >= 0.6 is 0 Å². The van der Waals surface area contributed by atoms with Crippen molar-refractivity contribution < 1.29 is 5.11 Å². The smallest absolute Gasteiger partial charge is 0.0768 e. The van der Waals surface area contributed by atoms with E-state index in [1.807, 2.05) is 23.9 Å². The minimum atomic E-state index is -0.663. The van der Waals surface area contributed by atoms with Crippen molar-refractivity contribution in [2.45, 2.75) is 39.3 Å². The Bertz CT molecular complexity index is 532. The monoisotopic (exact) mass is 287 g/mol. The molecule has 0 bridgehead atoms. The van der Waals surface area contributed by atoms with Gasteiger partial charge in [0.2, 0.25) is 0 Å².